The van der Waals surface area contributed by atoms with Gasteiger partial charge in [0.2, 0.25) is 15.8 Å². The highest BCUT2D eigenvalue weighted by atomic mass is 35.7. The first-order chi connectivity index (χ1) is 7.46. The van der Waals surface area contributed by atoms with Crippen molar-refractivity contribution in [2.24, 2.45) is 0 Å². The third kappa shape index (κ3) is 2.59. The zero-order valence-electron chi connectivity index (χ0n) is 8.70. The maximum atomic E-state index is 10.8. The SMILES string of the molecule is Cc1cc(CCS(=O)(=O)Cl)cc2c1OCO2. The molecule has 4 nitrogen and oxygen atoms in total. The number of rotatable bonds is 3. The van der Waals surface area contributed by atoms with Crippen molar-refractivity contribution < 1.29 is 17.9 Å². The Kier molecular flexibility index (Phi) is 2.99. The molecule has 0 saturated heterocycles. The second-order valence-corrected chi connectivity index (χ2v) is 6.54. The van der Waals surface area contributed by atoms with E-state index >= 15 is 0 Å². The van der Waals surface area contributed by atoms with Gasteiger partial charge in [-0.2, -0.15) is 0 Å². The van der Waals surface area contributed by atoms with Crippen molar-refractivity contribution >= 4 is 19.7 Å². The second kappa shape index (κ2) is 4.14. The number of ether oxygens (including phenoxy) is 2. The number of hydrogen-bond acceptors (Lipinski definition) is 4. The van der Waals surface area contributed by atoms with Crippen molar-refractivity contribution in [2.45, 2.75) is 13.3 Å². The predicted octanol–water partition coefficient (Wildman–Crippen LogP) is 1.83. The van der Waals surface area contributed by atoms with E-state index in [0.717, 1.165) is 16.9 Å². The predicted molar refractivity (Wildman–Crippen MR) is 60.6 cm³/mol. The molecule has 0 fully saturated rings. The molecule has 2 rings (SSSR count). The summed E-state index contributed by atoms with van der Waals surface area (Å²) in [6, 6.07) is 3.67. The van der Waals surface area contributed by atoms with Gasteiger partial charge in [-0.05, 0) is 30.5 Å². The number of benzene rings is 1. The largest absolute Gasteiger partial charge is 0.454 e. The van der Waals surface area contributed by atoms with E-state index in [1.807, 2.05) is 13.0 Å². The lowest BCUT2D eigenvalue weighted by Crippen LogP contribution is -2.01. The Balaban J connectivity index is 2.21. The molecule has 6 heteroatoms. The van der Waals surface area contributed by atoms with E-state index < -0.39 is 9.05 Å². The summed E-state index contributed by atoms with van der Waals surface area (Å²) in [7, 11) is 1.71. The molecule has 0 aliphatic carbocycles. The van der Waals surface area contributed by atoms with Gasteiger partial charge in [-0.25, -0.2) is 8.42 Å². The molecule has 0 atom stereocenters. The van der Waals surface area contributed by atoms with Crippen molar-refractivity contribution in [1.29, 1.82) is 0 Å². The van der Waals surface area contributed by atoms with Gasteiger partial charge in [0.1, 0.15) is 0 Å². The van der Waals surface area contributed by atoms with Crippen LogP contribution in [0.25, 0.3) is 0 Å². The molecule has 0 spiro atoms. The average molecular weight is 263 g/mol. The third-order valence-corrected chi connectivity index (χ3v) is 3.51. The minimum absolute atomic E-state index is 0.0758. The molecule has 88 valence electrons. The highest BCUT2D eigenvalue weighted by molar-refractivity contribution is 8.13. The van der Waals surface area contributed by atoms with Gasteiger partial charge in [0.05, 0.1) is 5.75 Å². The van der Waals surface area contributed by atoms with Crippen LogP contribution in [0.1, 0.15) is 11.1 Å². The maximum Gasteiger partial charge on any atom is 0.232 e. The highest BCUT2D eigenvalue weighted by Crippen LogP contribution is 2.36. The fourth-order valence-electron chi connectivity index (χ4n) is 1.64. The number of halogens is 1. The Morgan fingerprint density at radius 1 is 1.38 bits per heavy atom. The Morgan fingerprint density at radius 3 is 2.81 bits per heavy atom. The van der Waals surface area contributed by atoms with Crippen LogP contribution in [0.5, 0.6) is 11.5 Å². The van der Waals surface area contributed by atoms with Crippen LogP contribution in [-0.4, -0.2) is 21.0 Å². The van der Waals surface area contributed by atoms with Crippen LogP contribution in [0, 0.1) is 6.92 Å². The number of aryl methyl sites for hydroxylation is 2. The summed E-state index contributed by atoms with van der Waals surface area (Å²) < 4.78 is 32.2. The van der Waals surface area contributed by atoms with Crippen molar-refractivity contribution in [3.8, 4) is 11.5 Å². The molecule has 0 unspecified atom stereocenters. The van der Waals surface area contributed by atoms with Crippen molar-refractivity contribution in [1.82, 2.24) is 0 Å². The molecule has 0 radical (unpaired) electrons. The molecule has 0 saturated carbocycles. The minimum Gasteiger partial charge on any atom is -0.454 e. The molecule has 1 aromatic carbocycles. The smallest absolute Gasteiger partial charge is 0.232 e. The summed E-state index contributed by atoms with van der Waals surface area (Å²) in [6.07, 6.45) is 0.378. The molecule has 1 aliphatic rings. The Hall–Kier alpha value is -0.940. The summed E-state index contributed by atoms with van der Waals surface area (Å²) in [5.74, 6) is 1.33. The summed E-state index contributed by atoms with van der Waals surface area (Å²) in [4.78, 5) is 0. The molecule has 1 aliphatic heterocycles. The van der Waals surface area contributed by atoms with E-state index in [0.29, 0.717) is 12.2 Å². The molecule has 0 aromatic heterocycles. The maximum absolute atomic E-state index is 10.8. The van der Waals surface area contributed by atoms with Gasteiger partial charge >= 0.3 is 0 Å². The zero-order chi connectivity index (χ0) is 11.8. The van der Waals surface area contributed by atoms with Crippen molar-refractivity contribution in [3.63, 3.8) is 0 Å². The summed E-state index contributed by atoms with van der Waals surface area (Å²) in [5.41, 5.74) is 1.82. The first-order valence-corrected chi connectivity index (χ1v) is 7.25. The lowest BCUT2D eigenvalue weighted by atomic mass is 10.1. The van der Waals surface area contributed by atoms with Gasteiger partial charge in [-0.3, -0.25) is 0 Å². The molecule has 0 N–H and O–H groups in total. The zero-order valence-corrected chi connectivity index (χ0v) is 10.3. The van der Waals surface area contributed by atoms with E-state index in [2.05, 4.69) is 0 Å². The Morgan fingerprint density at radius 2 is 2.12 bits per heavy atom. The molecule has 16 heavy (non-hydrogen) atoms. The van der Waals surface area contributed by atoms with Crippen LogP contribution in [0.15, 0.2) is 12.1 Å². The topological polar surface area (TPSA) is 52.6 Å². The number of hydrogen-bond donors (Lipinski definition) is 0. The van der Waals surface area contributed by atoms with Gasteiger partial charge in [0.25, 0.3) is 0 Å². The third-order valence-electron chi connectivity index (χ3n) is 2.35. The summed E-state index contributed by atoms with van der Waals surface area (Å²) in [6.45, 7) is 2.11. The van der Waals surface area contributed by atoms with E-state index in [-0.39, 0.29) is 12.5 Å². The Labute approximate surface area is 98.5 Å². The van der Waals surface area contributed by atoms with E-state index in [4.69, 9.17) is 20.2 Å². The first-order valence-electron chi connectivity index (χ1n) is 4.77. The van der Waals surface area contributed by atoms with Crippen molar-refractivity contribution in [3.05, 3.63) is 23.3 Å². The number of fused-ring (bicyclic) bond motifs is 1. The molecular weight excluding hydrogens is 252 g/mol. The average Bonchev–Trinajstić information content (AvgIpc) is 2.62. The van der Waals surface area contributed by atoms with E-state index in [9.17, 15) is 8.42 Å². The van der Waals surface area contributed by atoms with Crippen molar-refractivity contribution in [2.75, 3.05) is 12.5 Å². The lowest BCUT2D eigenvalue weighted by Gasteiger charge is -2.05. The van der Waals surface area contributed by atoms with Crippen LogP contribution in [-0.2, 0) is 15.5 Å². The standard InChI is InChI=1S/C10H11ClO4S/c1-7-4-8(2-3-16(11,12)13)5-9-10(7)15-6-14-9/h4-5H,2-3,6H2,1H3. The summed E-state index contributed by atoms with van der Waals surface area (Å²) >= 11 is 0. The quantitative estimate of drug-likeness (QED) is 0.780. The van der Waals surface area contributed by atoms with Gasteiger partial charge in [-0.15, -0.1) is 0 Å². The monoisotopic (exact) mass is 262 g/mol. The van der Waals surface area contributed by atoms with Gasteiger partial charge in [-0.1, -0.05) is 6.07 Å². The molecule has 0 bridgehead atoms. The first kappa shape index (κ1) is 11.5. The van der Waals surface area contributed by atoms with Gasteiger partial charge in [0, 0.05) is 10.7 Å². The molecule has 1 aromatic rings. The fraction of sp³-hybridized carbons (Fsp3) is 0.400. The summed E-state index contributed by atoms with van der Waals surface area (Å²) in [5, 5.41) is 0. The van der Waals surface area contributed by atoms with Crippen LogP contribution >= 0.6 is 10.7 Å². The van der Waals surface area contributed by atoms with Crippen LogP contribution in [0.2, 0.25) is 0 Å². The fourth-order valence-corrected chi connectivity index (χ4v) is 2.35. The van der Waals surface area contributed by atoms with E-state index in [1.165, 1.54) is 0 Å². The van der Waals surface area contributed by atoms with Crippen LogP contribution in [0.4, 0.5) is 0 Å². The van der Waals surface area contributed by atoms with Crippen LogP contribution < -0.4 is 9.47 Å². The Bertz CT molecular complexity index is 510. The van der Waals surface area contributed by atoms with Gasteiger partial charge in [0.15, 0.2) is 11.5 Å². The highest BCUT2D eigenvalue weighted by Gasteiger charge is 2.17. The van der Waals surface area contributed by atoms with E-state index in [1.54, 1.807) is 6.07 Å². The molecular formula is C10H11ClO4S. The molecule has 1 heterocycles. The normalized spacial score (nSPS) is 14.1. The lowest BCUT2D eigenvalue weighted by molar-refractivity contribution is 0.173. The van der Waals surface area contributed by atoms with Gasteiger partial charge < -0.3 is 9.47 Å². The second-order valence-electron chi connectivity index (χ2n) is 3.64. The van der Waals surface area contributed by atoms with Crippen LogP contribution in [0.3, 0.4) is 0 Å². The molecule has 0 amide bonds. The minimum atomic E-state index is -3.45.